The minimum Gasteiger partial charge on any atom is -0.489 e. The molecule has 1 N–H and O–H groups in total. The monoisotopic (exact) mass is 345 g/mol. The molecule has 0 heterocycles. The fraction of sp³-hybridized carbons (Fsp3) is 0.467. The summed E-state index contributed by atoms with van der Waals surface area (Å²) in [4.78, 5) is 11.4. The molecule has 23 heavy (non-hydrogen) atoms. The first kappa shape index (κ1) is 17.4. The molecular weight excluding hydrogens is 328 g/mol. The van der Waals surface area contributed by atoms with E-state index in [0.29, 0.717) is 18.1 Å². The molecular formula is C15H17F2NO4S. The normalized spacial score (nSPS) is 13.6. The predicted molar refractivity (Wildman–Crippen MR) is 83.0 cm³/mol. The number of alkyl halides is 2. The topological polar surface area (TPSA) is 56.8 Å². The third-order valence-corrected chi connectivity index (χ3v) is 3.59. The van der Waals surface area contributed by atoms with Gasteiger partial charge in [-0.15, -0.1) is 0 Å². The molecule has 0 unspecified atom stereocenters. The molecule has 0 radical (unpaired) electrons. The van der Waals surface area contributed by atoms with Crippen molar-refractivity contribution >= 4 is 23.2 Å². The van der Waals surface area contributed by atoms with Crippen LogP contribution in [0.5, 0.6) is 11.5 Å². The number of esters is 1. The van der Waals surface area contributed by atoms with Crippen LogP contribution in [0.25, 0.3) is 0 Å². The van der Waals surface area contributed by atoms with Gasteiger partial charge in [0.2, 0.25) is 0 Å². The van der Waals surface area contributed by atoms with Crippen LogP contribution in [-0.2, 0) is 9.53 Å². The minimum atomic E-state index is -2.94. The molecule has 8 heteroatoms. The van der Waals surface area contributed by atoms with Crippen molar-refractivity contribution in [3.63, 3.8) is 0 Å². The van der Waals surface area contributed by atoms with Gasteiger partial charge in [0.25, 0.3) is 0 Å². The number of carbonyl (C=O) groups excluding carboxylic acids is 1. The summed E-state index contributed by atoms with van der Waals surface area (Å²) in [6.07, 6.45) is 2.15. The Labute approximate surface area is 137 Å². The lowest BCUT2D eigenvalue weighted by Crippen LogP contribution is -2.29. The summed E-state index contributed by atoms with van der Waals surface area (Å²) in [5.74, 6) is 0.162. The van der Waals surface area contributed by atoms with Crippen molar-refractivity contribution in [2.24, 2.45) is 5.92 Å². The molecule has 1 aliphatic rings. The first-order valence-electron chi connectivity index (χ1n) is 7.06. The van der Waals surface area contributed by atoms with Crippen LogP contribution in [0, 0.1) is 5.92 Å². The Morgan fingerprint density at radius 1 is 1.39 bits per heavy atom. The van der Waals surface area contributed by atoms with E-state index in [2.05, 4.69) is 14.8 Å². The summed E-state index contributed by atoms with van der Waals surface area (Å²) >= 11 is 5.16. The average molecular weight is 345 g/mol. The number of rotatable bonds is 8. The van der Waals surface area contributed by atoms with Gasteiger partial charge in [-0.1, -0.05) is 12.2 Å². The molecule has 0 atom stereocenters. The summed E-state index contributed by atoms with van der Waals surface area (Å²) in [5.41, 5.74) is 0.538. The van der Waals surface area contributed by atoms with Crippen LogP contribution >= 0.6 is 12.2 Å². The van der Waals surface area contributed by atoms with Crippen LogP contribution in [0.2, 0.25) is 0 Å². The Bertz CT molecular complexity index is 579. The number of nitrogens with one attached hydrogen (secondary N) is 1. The van der Waals surface area contributed by atoms with Crippen molar-refractivity contribution in [2.75, 3.05) is 20.3 Å². The second-order valence-corrected chi connectivity index (χ2v) is 5.46. The van der Waals surface area contributed by atoms with Crippen molar-refractivity contribution in [3.05, 3.63) is 23.8 Å². The Morgan fingerprint density at radius 2 is 2.13 bits per heavy atom. The second-order valence-electron chi connectivity index (χ2n) is 5.05. The van der Waals surface area contributed by atoms with E-state index in [-0.39, 0.29) is 23.0 Å². The van der Waals surface area contributed by atoms with E-state index in [4.69, 9.17) is 17.0 Å². The predicted octanol–water partition coefficient (Wildman–Crippen LogP) is 2.51. The summed E-state index contributed by atoms with van der Waals surface area (Å²) in [6, 6.07) is 4.41. The third kappa shape index (κ3) is 5.63. The summed E-state index contributed by atoms with van der Waals surface area (Å²) in [5, 5.41) is 2.73. The maximum atomic E-state index is 12.5. The molecule has 0 aromatic heterocycles. The molecule has 126 valence electrons. The zero-order chi connectivity index (χ0) is 16.8. The van der Waals surface area contributed by atoms with E-state index in [1.54, 1.807) is 0 Å². The highest BCUT2D eigenvalue weighted by Crippen LogP contribution is 2.34. The Hall–Kier alpha value is -1.96. The number of thiocarbonyl (C=S) groups is 1. The summed E-state index contributed by atoms with van der Waals surface area (Å²) < 4.78 is 39.4. The van der Waals surface area contributed by atoms with Gasteiger partial charge >= 0.3 is 12.6 Å². The van der Waals surface area contributed by atoms with Crippen LogP contribution in [-0.4, -0.2) is 37.8 Å². The van der Waals surface area contributed by atoms with Crippen molar-refractivity contribution in [3.8, 4) is 11.5 Å². The van der Waals surface area contributed by atoms with Crippen LogP contribution in [0.1, 0.15) is 18.4 Å². The molecule has 2 rings (SSSR count). The first-order chi connectivity index (χ1) is 11.0. The molecule has 1 aromatic rings. The van der Waals surface area contributed by atoms with Crippen LogP contribution < -0.4 is 14.8 Å². The van der Waals surface area contributed by atoms with Gasteiger partial charge in [0.15, 0.2) is 11.5 Å². The van der Waals surface area contributed by atoms with E-state index in [9.17, 15) is 13.6 Å². The largest absolute Gasteiger partial charge is 0.489 e. The van der Waals surface area contributed by atoms with Gasteiger partial charge in [0.1, 0.15) is 11.5 Å². The summed E-state index contributed by atoms with van der Waals surface area (Å²) in [7, 11) is 1.27. The maximum Gasteiger partial charge on any atom is 0.387 e. The van der Waals surface area contributed by atoms with E-state index in [1.807, 2.05) is 0 Å². The van der Waals surface area contributed by atoms with Gasteiger partial charge in [-0.25, -0.2) is 0 Å². The fourth-order valence-corrected chi connectivity index (χ4v) is 1.97. The highest BCUT2D eigenvalue weighted by Gasteiger charge is 2.23. The number of carbonyl (C=O) groups is 1. The average Bonchev–Trinajstić information content (AvgIpc) is 3.35. The molecule has 1 saturated carbocycles. The van der Waals surface area contributed by atoms with Crippen LogP contribution in [0.15, 0.2) is 18.2 Å². The van der Waals surface area contributed by atoms with Gasteiger partial charge in [-0.2, -0.15) is 8.78 Å². The van der Waals surface area contributed by atoms with E-state index < -0.39 is 12.6 Å². The molecule has 5 nitrogen and oxygen atoms in total. The van der Waals surface area contributed by atoms with Crippen molar-refractivity contribution in [1.29, 1.82) is 0 Å². The Kier molecular flexibility index (Phi) is 6.09. The van der Waals surface area contributed by atoms with E-state index in [0.717, 1.165) is 12.8 Å². The van der Waals surface area contributed by atoms with Crippen molar-refractivity contribution < 1.29 is 27.8 Å². The molecule has 1 aromatic carbocycles. The molecule has 0 amide bonds. The van der Waals surface area contributed by atoms with Gasteiger partial charge in [0, 0.05) is 5.56 Å². The van der Waals surface area contributed by atoms with Gasteiger partial charge < -0.3 is 19.5 Å². The highest BCUT2D eigenvalue weighted by molar-refractivity contribution is 7.80. The molecule has 0 bridgehead atoms. The van der Waals surface area contributed by atoms with Gasteiger partial charge in [-0.3, -0.25) is 4.79 Å². The molecule has 0 aliphatic heterocycles. The lowest BCUT2D eigenvalue weighted by molar-refractivity contribution is -0.139. The smallest absolute Gasteiger partial charge is 0.387 e. The first-order valence-corrected chi connectivity index (χ1v) is 7.47. The van der Waals surface area contributed by atoms with Crippen LogP contribution in [0.3, 0.4) is 0 Å². The number of hydrogen-bond donors (Lipinski definition) is 1. The number of hydrogen-bond acceptors (Lipinski definition) is 5. The number of benzene rings is 1. The minimum absolute atomic E-state index is 0.0415. The lowest BCUT2D eigenvalue weighted by Gasteiger charge is -2.14. The Balaban J connectivity index is 2.08. The number of ether oxygens (including phenoxy) is 3. The lowest BCUT2D eigenvalue weighted by atomic mass is 10.2. The second kappa shape index (κ2) is 8.05. The quantitative estimate of drug-likeness (QED) is 0.577. The number of halogens is 2. The zero-order valence-corrected chi connectivity index (χ0v) is 13.3. The van der Waals surface area contributed by atoms with Crippen molar-refractivity contribution in [1.82, 2.24) is 5.32 Å². The van der Waals surface area contributed by atoms with Gasteiger partial charge in [0.05, 0.1) is 13.7 Å². The molecule has 0 saturated heterocycles. The molecule has 1 aliphatic carbocycles. The van der Waals surface area contributed by atoms with Crippen molar-refractivity contribution in [2.45, 2.75) is 19.5 Å². The maximum absolute atomic E-state index is 12.5. The fourth-order valence-electron chi connectivity index (χ4n) is 1.77. The van der Waals surface area contributed by atoms with Gasteiger partial charge in [-0.05, 0) is 37.0 Å². The Morgan fingerprint density at radius 3 is 2.74 bits per heavy atom. The van der Waals surface area contributed by atoms with Crippen LogP contribution in [0.4, 0.5) is 8.78 Å². The number of methoxy groups -OCH3 is 1. The molecule has 1 fully saturated rings. The van der Waals surface area contributed by atoms with E-state index >= 15 is 0 Å². The SMILES string of the molecule is COC(=O)CNC(=S)c1ccc(OC(F)F)c(OCC2CC2)c1. The molecule has 0 spiro atoms. The highest BCUT2D eigenvalue weighted by atomic mass is 32.1. The van der Waals surface area contributed by atoms with E-state index in [1.165, 1.54) is 25.3 Å². The summed E-state index contributed by atoms with van der Waals surface area (Å²) in [6.45, 7) is -2.57. The zero-order valence-electron chi connectivity index (χ0n) is 12.5. The third-order valence-electron chi connectivity index (χ3n) is 3.21. The standard InChI is InChI=1S/C15H17F2NO4S/c1-20-13(19)7-18-14(23)10-4-5-11(22-15(16)17)12(6-10)21-8-9-2-3-9/h4-6,9,15H,2-3,7-8H2,1H3,(H,18,23).